The minimum Gasteiger partial charge on any atom is -0.342 e. The number of pyridine rings is 1. The van der Waals surface area contributed by atoms with E-state index >= 15 is 0 Å². The van der Waals surface area contributed by atoms with Gasteiger partial charge in [-0.25, -0.2) is 4.98 Å². The first-order chi connectivity index (χ1) is 8.70. The lowest BCUT2D eigenvalue weighted by molar-refractivity contribution is 0.804. The van der Waals surface area contributed by atoms with E-state index in [0.29, 0.717) is 0 Å². The molecule has 0 aromatic carbocycles. The highest BCUT2D eigenvalue weighted by atomic mass is 32.1. The smallest absolute Gasteiger partial charge is 0.185 e. The molecule has 0 spiro atoms. The summed E-state index contributed by atoms with van der Waals surface area (Å²) in [7, 11) is 0. The first-order valence-electron chi connectivity index (χ1n) is 6.07. The largest absolute Gasteiger partial charge is 0.342 e. The van der Waals surface area contributed by atoms with Crippen molar-refractivity contribution in [1.82, 2.24) is 9.97 Å². The lowest BCUT2D eigenvalue weighted by Gasteiger charge is -2.19. The van der Waals surface area contributed by atoms with Gasteiger partial charge in [0.2, 0.25) is 0 Å². The summed E-state index contributed by atoms with van der Waals surface area (Å²) in [5.41, 5.74) is 6.91. The molecule has 2 rings (SSSR count). The Morgan fingerprint density at radius 2 is 2.22 bits per heavy atom. The maximum Gasteiger partial charge on any atom is 0.185 e. The predicted molar refractivity (Wildman–Crippen MR) is 75.7 cm³/mol. The van der Waals surface area contributed by atoms with Crippen LogP contribution in [0.25, 0.3) is 0 Å². The first-order valence-corrected chi connectivity index (χ1v) is 6.88. The number of aromatic nitrogens is 2. The Hall–Kier alpha value is -1.46. The minimum atomic E-state index is 0.0461. The van der Waals surface area contributed by atoms with Crippen molar-refractivity contribution in [3.63, 3.8) is 0 Å². The zero-order chi connectivity index (χ0) is 13.0. The van der Waals surface area contributed by atoms with E-state index in [0.717, 1.165) is 28.8 Å². The molecule has 0 fully saturated rings. The summed E-state index contributed by atoms with van der Waals surface area (Å²) in [6.45, 7) is 5.79. The van der Waals surface area contributed by atoms with Crippen molar-refractivity contribution < 1.29 is 0 Å². The van der Waals surface area contributed by atoms with Gasteiger partial charge in [-0.2, -0.15) is 0 Å². The Bertz CT molecular complexity index is 481. The van der Waals surface area contributed by atoms with Crippen molar-refractivity contribution in [2.24, 2.45) is 5.73 Å². The number of hydrogen-bond donors (Lipinski definition) is 1. The Morgan fingerprint density at radius 1 is 1.39 bits per heavy atom. The highest BCUT2D eigenvalue weighted by Crippen LogP contribution is 2.26. The van der Waals surface area contributed by atoms with Crippen LogP contribution in [0, 0.1) is 0 Å². The van der Waals surface area contributed by atoms with Crippen molar-refractivity contribution >= 4 is 16.5 Å². The number of anilines is 1. The van der Waals surface area contributed by atoms with E-state index in [1.54, 1.807) is 11.3 Å². The van der Waals surface area contributed by atoms with Gasteiger partial charge in [-0.1, -0.05) is 6.07 Å². The molecule has 0 saturated heterocycles. The Labute approximate surface area is 111 Å². The Balaban J connectivity index is 2.13. The third-order valence-corrected chi connectivity index (χ3v) is 3.95. The van der Waals surface area contributed by atoms with E-state index in [1.807, 2.05) is 37.5 Å². The number of thiazole rings is 1. The molecule has 0 saturated carbocycles. The molecule has 0 bridgehead atoms. The normalized spacial score (nSPS) is 12.4. The molecule has 1 atom stereocenters. The van der Waals surface area contributed by atoms with Crippen molar-refractivity contribution in [3.8, 4) is 0 Å². The van der Waals surface area contributed by atoms with Crippen molar-refractivity contribution in [2.75, 3.05) is 11.4 Å². The number of nitrogens with zero attached hydrogens (tertiary/aromatic N) is 3. The molecule has 0 aliphatic heterocycles. The van der Waals surface area contributed by atoms with Gasteiger partial charge in [0.15, 0.2) is 5.13 Å². The van der Waals surface area contributed by atoms with E-state index in [-0.39, 0.29) is 6.04 Å². The van der Waals surface area contributed by atoms with Crippen LogP contribution in [-0.2, 0) is 6.54 Å². The van der Waals surface area contributed by atoms with Crippen LogP contribution in [0.5, 0.6) is 0 Å². The van der Waals surface area contributed by atoms with E-state index in [4.69, 9.17) is 5.73 Å². The molecule has 2 heterocycles. The van der Waals surface area contributed by atoms with Crippen LogP contribution >= 0.6 is 11.3 Å². The standard InChI is InChI=1S/C13H18N4S/c1-3-17(9-11-6-4-5-7-15-11)13-16-8-12(18-13)10(2)14/h4-8,10H,3,9,14H2,1-2H3. The van der Waals surface area contributed by atoms with Crippen LogP contribution in [0.4, 0.5) is 5.13 Å². The van der Waals surface area contributed by atoms with Gasteiger partial charge >= 0.3 is 0 Å². The second-order valence-electron chi connectivity index (χ2n) is 4.17. The zero-order valence-electron chi connectivity index (χ0n) is 10.7. The monoisotopic (exact) mass is 262 g/mol. The molecule has 0 amide bonds. The lowest BCUT2D eigenvalue weighted by atomic mass is 10.3. The zero-order valence-corrected chi connectivity index (χ0v) is 11.5. The van der Waals surface area contributed by atoms with Gasteiger partial charge in [-0.3, -0.25) is 4.98 Å². The molecule has 0 aliphatic rings. The molecule has 1 unspecified atom stereocenters. The molecule has 0 aliphatic carbocycles. The van der Waals surface area contributed by atoms with Gasteiger partial charge in [0.1, 0.15) is 0 Å². The molecule has 2 aromatic heterocycles. The van der Waals surface area contributed by atoms with E-state index < -0.39 is 0 Å². The van der Waals surface area contributed by atoms with Crippen LogP contribution in [-0.4, -0.2) is 16.5 Å². The van der Waals surface area contributed by atoms with Crippen molar-refractivity contribution in [1.29, 1.82) is 0 Å². The summed E-state index contributed by atoms with van der Waals surface area (Å²) in [4.78, 5) is 12.1. The highest BCUT2D eigenvalue weighted by Gasteiger charge is 2.12. The van der Waals surface area contributed by atoms with Gasteiger partial charge < -0.3 is 10.6 Å². The van der Waals surface area contributed by atoms with E-state index in [2.05, 4.69) is 21.8 Å². The van der Waals surface area contributed by atoms with Crippen LogP contribution in [0.3, 0.4) is 0 Å². The predicted octanol–water partition coefficient (Wildman–Crippen LogP) is 2.58. The number of rotatable bonds is 5. The second-order valence-corrected chi connectivity index (χ2v) is 5.21. The molecule has 0 radical (unpaired) electrons. The van der Waals surface area contributed by atoms with E-state index in [9.17, 15) is 0 Å². The van der Waals surface area contributed by atoms with Crippen LogP contribution in [0.15, 0.2) is 30.6 Å². The summed E-state index contributed by atoms with van der Waals surface area (Å²) in [6, 6.07) is 6.01. The van der Waals surface area contributed by atoms with Gasteiger partial charge in [0.25, 0.3) is 0 Å². The van der Waals surface area contributed by atoms with Gasteiger partial charge in [-0.15, -0.1) is 11.3 Å². The Kier molecular flexibility index (Phi) is 4.28. The third kappa shape index (κ3) is 3.05. The Morgan fingerprint density at radius 3 is 2.78 bits per heavy atom. The van der Waals surface area contributed by atoms with Crippen LogP contribution in [0.1, 0.15) is 30.5 Å². The minimum absolute atomic E-state index is 0.0461. The maximum atomic E-state index is 5.86. The highest BCUT2D eigenvalue weighted by molar-refractivity contribution is 7.15. The summed E-state index contributed by atoms with van der Waals surface area (Å²) < 4.78 is 0. The van der Waals surface area contributed by atoms with Gasteiger partial charge in [0.05, 0.1) is 12.2 Å². The fourth-order valence-corrected chi connectivity index (χ4v) is 2.57. The fraction of sp³-hybridized carbons (Fsp3) is 0.385. The third-order valence-electron chi connectivity index (χ3n) is 2.69. The molecular weight excluding hydrogens is 244 g/mol. The first kappa shape index (κ1) is 13.0. The summed E-state index contributed by atoms with van der Waals surface area (Å²) in [5.74, 6) is 0. The molecule has 96 valence electrons. The molecule has 5 heteroatoms. The summed E-state index contributed by atoms with van der Waals surface area (Å²) >= 11 is 1.65. The summed E-state index contributed by atoms with van der Waals surface area (Å²) in [6.07, 6.45) is 3.68. The lowest BCUT2D eigenvalue weighted by Crippen LogP contribution is -2.22. The SMILES string of the molecule is CCN(Cc1ccccn1)c1ncc(C(C)N)s1. The molecule has 2 aromatic rings. The van der Waals surface area contributed by atoms with Crippen LogP contribution in [0.2, 0.25) is 0 Å². The number of hydrogen-bond acceptors (Lipinski definition) is 5. The average molecular weight is 262 g/mol. The van der Waals surface area contributed by atoms with Crippen molar-refractivity contribution in [3.05, 3.63) is 41.2 Å². The fourth-order valence-electron chi connectivity index (χ4n) is 1.64. The van der Waals surface area contributed by atoms with Gasteiger partial charge in [-0.05, 0) is 26.0 Å². The van der Waals surface area contributed by atoms with E-state index in [1.165, 1.54) is 0 Å². The molecule has 18 heavy (non-hydrogen) atoms. The molecule has 4 nitrogen and oxygen atoms in total. The quantitative estimate of drug-likeness (QED) is 0.900. The van der Waals surface area contributed by atoms with Crippen molar-refractivity contribution in [2.45, 2.75) is 26.4 Å². The summed E-state index contributed by atoms with van der Waals surface area (Å²) in [5, 5.41) is 1.01. The average Bonchev–Trinajstić information content (AvgIpc) is 2.87. The number of nitrogens with two attached hydrogens (primary N) is 1. The topological polar surface area (TPSA) is 55.0 Å². The van der Waals surface area contributed by atoms with Gasteiger partial charge in [0, 0.05) is 29.9 Å². The molecule has 2 N–H and O–H groups in total. The maximum absolute atomic E-state index is 5.86. The molecular formula is C13H18N4S. The van der Waals surface area contributed by atoms with Crippen LogP contribution < -0.4 is 10.6 Å². The second kappa shape index (κ2) is 5.93.